The fourth-order valence-electron chi connectivity index (χ4n) is 5.03. The third-order valence-corrected chi connectivity index (χ3v) is 7.59. The fraction of sp³-hybridized carbons (Fsp3) is 0.321. The van der Waals surface area contributed by atoms with Crippen molar-refractivity contribution in [2.45, 2.75) is 62.3 Å². The van der Waals surface area contributed by atoms with Gasteiger partial charge in [-0.3, -0.25) is 0 Å². The predicted molar refractivity (Wildman–Crippen MR) is 128 cm³/mol. The number of hydrogen-bond acceptors (Lipinski definition) is 1. The summed E-state index contributed by atoms with van der Waals surface area (Å²) >= 11 is 0. The second kappa shape index (κ2) is 6.74. The Kier molecular flexibility index (Phi) is 4.55. The minimum absolute atomic E-state index is 0.696. The van der Waals surface area contributed by atoms with Crippen LogP contribution in [0.4, 0.5) is 0 Å². The monoisotopic (exact) mass is 394 g/mol. The van der Waals surface area contributed by atoms with Gasteiger partial charge in [-0.2, -0.15) is 5.26 Å². The molecule has 0 bridgehead atoms. The molecule has 0 fully saturated rings. The number of nitrogens with zero attached hydrogens (tertiary/aromatic N) is 2. The number of hydrogen-bond donors (Lipinski definition) is 0. The zero-order chi connectivity index (χ0) is 22.1. The van der Waals surface area contributed by atoms with Crippen molar-refractivity contribution in [1.29, 1.82) is 5.26 Å². The second-order valence-electron chi connectivity index (χ2n) is 8.90. The van der Waals surface area contributed by atoms with Gasteiger partial charge in [0, 0.05) is 10.8 Å². The van der Waals surface area contributed by atoms with E-state index in [1.807, 2.05) is 12.1 Å². The molecule has 1 aromatic heterocycles. The van der Waals surface area contributed by atoms with Gasteiger partial charge in [0.1, 0.15) is 0 Å². The molecule has 3 aromatic carbocycles. The average molecular weight is 395 g/mol. The van der Waals surface area contributed by atoms with E-state index in [2.05, 4.69) is 79.0 Å². The lowest BCUT2D eigenvalue weighted by Crippen LogP contribution is -2.03. The summed E-state index contributed by atoms with van der Waals surface area (Å²) in [5, 5.41) is 12.3. The van der Waals surface area contributed by atoms with Crippen LogP contribution in [0.2, 0.25) is 0 Å². The molecule has 2 heteroatoms. The van der Waals surface area contributed by atoms with Crippen LogP contribution in [0.5, 0.6) is 0 Å². The molecular weight excluding hydrogens is 364 g/mol. The van der Waals surface area contributed by atoms with Crippen LogP contribution in [0.1, 0.15) is 55.6 Å². The topological polar surface area (TPSA) is 28.7 Å². The molecule has 0 radical (unpaired) electrons. The van der Waals surface area contributed by atoms with Gasteiger partial charge >= 0.3 is 0 Å². The molecule has 30 heavy (non-hydrogen) atoms. The molecule has 4 rings (SSSR count). The van der Waals surface area contributed by atoms with Gasteiger partial charge in [0.05, 0.1) is 28.4 Å². The van der Waals surface area contributed by atoms with Crippen molar-refractivity contribution >= 4 is 21.8 Å². The molecule has 0 atom stereocenters. The summed E-state index contributed by atoms with van der Waals surface area (Å²) in [5.41, 5.74) is 16.3. The molecule has 0 amide bonds. The lowest BCUT2D eigenvalue weighted by Gasteiger charge is -2.17. The van der Waals surface area contributed by atoms with Crippen LogP contribution in [0, 0.1) is 73.6 Å². The van der Waals surface area contributed by atoms with Gasteiger partial charge in [-0.1, -0.05) is 6.07 Å². The van der Waals surface area contributed by atoms with Crippen molar-refractivity contribution in [1.82, 2.24) is 4.57 Å². The van der Waals surface area contributed by atoms with Gasteiger partial charge in [0.25, 0.3) is 0 Å². The molecule has 0 aliphatic carbocycles. The van der Waals surface area contributed by atoms with Crippen LogP contribution in [-0.2, 0) is 0 Å². The fourth-order valence-corrected chi connectivity index (χ4v) is 5.03. The zero-order valence-electron chi connectivity index (χ0n) is 19.6. The second-order valence-corrected chi connectivity index (χ2v) is 8.90. The summed E-state index contributed by atoms with van der Waals surface area (Å²) in [5.74, 6) is 0. The predicted octanol–water partition coefficient (Wildman–Crippen LogP) is 7.43. The first kappa shape index (κ1) is 20.2. The Bertz CT molecular complexity index is 1350. The third kappa shape index (κ3) is 2.48. The lowest BCUT2D eigenvalue weighted by atomic mass is 9.90. The molecule has 2 nitrogen and oxygen atoms in total. The summed E-state index contributed by atoms with van der Waals surface area (Å²) in [6.45, 7) is 20.1. The Hall–Kier alpha value is -3.05. The van der Waals surface area contributed by atoms with Crippen molar-refractivity contribution in [2.24, 2.45) is 0 Å². The maximum atomic E-state index is 9.58. The molecule has 0 saturated carbocycles. The van der Waals surface area contributed by atoms with E-state index >= 15 is 0 Å². The summed E-state index contributed by atoms with van der Waals surface area (Å²) in [4.78, 5) is 0. The van der Waals surface area contributed by atoms with Gasteiger partial charge in [0.2, 0.25) is 0 Å². The number of benzene rings is 3. The first-order valence-corrected chi connectivity index (χ1v) is 10.6. The van der Waals surface area contributed by atoms with Crippen molar-refractivity contribution in [3.8, 4) is 11.8 Å². The Balaban J connectivity index is 2.45. The highest BCUT2D eigenvalue weighted by molar-refractivity contribution is 6.15. The normalized spacial score (nSPS) is 11.5. The molecule has 0 aliphatic heterocycles. The van der Waals surface area contributed by atoms with E-state index in [4.69, 9.17) is 0 Å². The molecule has 0 saturated heterocycles. The number of nitriles is 1. The molecule has 0 unspecified atom stereocenters. The average Bonchev–Trinajstić information content (AvgIpc) is 3.09. The Morgan fingerprint density at radius 1 is 0.600 bits per heavy atom. The highest BCUT2D eigenvalue weighted by atomic mass is 15.0. The molecule has 0 N–H and O–H groups in total. The van der Waals surface area contributed by atoms with E-state index in [1.165, 1.54) is 71.9 Å². The van der Waals surface area contributed by atoms with Crippen molar-refractivity contribution in [3.63, 3.8) is 0 Å². The molecule has 4 aromatic rings. The molecule has 152 valence electrons. The first-order chi connectivity index (χ1) is 14.1. The molecule has 0 spiro atoms. The van der Waals surface area contributed by atoms with Gasteiger partial charge in [-0.25, -0.2) is 0 Å². The van der Waals surface area contributed by atoms with Gasteiger partial charge < -0.3 is 4.57 Å². The van der Waals surface area contributed by atoms with Crippen LogP contribution in [0.15, 0.2) is 18.2 Å². The van der Waals surface area contributed by atoms with E-state index in [1.54, 1.807) is 0 Å². The Morgan fingerprint density at radius 2 is 1.03 bits per heavy atom. The largest absolute Gasteiger partial charge is 0.308 e. The number of rotatable bonds is 1. The number of fused-ring (bicyclic) bond motifs is 3. The molecule has 1 heterocycles. The Labute approximate surface area is 179 Å². The van der Waals surface area contributed by atoms with Gasteiger partial charge in [-0.15, -0.1) is 0 Å². The van der Waals surface area contributed by atoms with Crippen molar-refractivity contribution in [2.75, 3.05) is 0 Å². The van der Waals surface area contributed by atoms with E-state index in [0.717, 1.165) is 5.69 Å². The highest BCUT2D eigenvalue weighted by Gasteiger charge is 2.24. The number of aromatic nitrogens is 1. The van der Waals surface area contributed by atoms with Crippen molar-refractivity contribution < 1.29 is 0 Å². The van der Waals surface area contributed by atoms with Gasteiger partial charge in [0.15, 0.2) is 0 Å². The molecule has 0 aliphatic rings. The summed E-state index contributed by atoms with van der Waals surface area (Å²) in [6.07, 6.45) is 0. The zero-order valence-corrected chi connectivity index (χ0v) is 19.6. The lowest BCUT2D eigenvalue weighted by molar-refractivity contribution is 1.11. The van der Waals surface area contributed by atoms with E-state index in [9.17, 15) is 5.26 Å². The van der Waals surface area contributed by atoms with Crippen molar-refractivity contribution in [3.05, 3.63) is 73.8 Å². The van der Waals surface area contributed by atoms with Crippen LogP contribution < -0.4 is 0 Å². The smallest absolute Gasteiger partial charge is 0.0992 e. The standard InChI is InChI=1S/C28H30N2/c1-14-10-11-23(13-29)12-24(14)30-27-21(8)17(4)15(2)19(6)25(27)26-20(7)16(3)18(5)22(9)28(26)30/h10-12H,1-9H3. The van der Waals surface area contributed by atoms with E-state index in [0.29, 0.717) is 5.56 Å². The van der Waals surface area contributed by atoms with Crippen LogP contribution in [0.25, 0.3) is 27.5 Å². The molecular formula is C28H30N2. The summed E-state index contributed by atoms with van der Waals surface area (Å²) < 4.78 is 2.43. The van der Waals surface area contributed by atoms with Crippen LogP contribution in [-0.4, -0.2) is 4.57 Å². The SMILES string of the molecule is Cc1ccc(C#N)cc1-n1c2c(C)c(C)c(C)c(C)c2c2c(C)c(C)c(C)c(C)c21. The summed E-state index contributed by atoms with van der Waals surface area (Å²) in [7, 11) is 0. The summed E-state index contributed by atoms with van der Waals surface area (Å²) in [6, 6.07) is 8.35. The van der Waals surface area contributed by atoms with E-state index < -0.39 is 0 Å². The minimum atomic E-state index is 0.696. The van der Waals surface area contributed by atoms with Gasteiger partial charge in [-0.05, 0) is 125 Å². The third-order valence-electron chi connectivity index (χ3n) is 7.59. The van der Waals surface area contributed by atoms with E-state index in [-0.39, 0.29) is 0 Å². The maximum absolute atomic E-state index is 9.58. The Morgan fingerprint density at radius 3 is 1.47 bits per heavy atom. The van der Waals surface area contributed by atoms with Crippen LogP contribution >= 0.6 is 0 Å². The first-order valence-electron chi connectivity index (χ1n) is 10.6. The quantitative estimate of drug-likeness (QED) is 0.330. The maximum Gasteiger partial charge on any atom is 0.0992 e. The van der Waals surface area contributed by atoms with Crippen LogP contribution in [0.3, 0.4) is 0 Å². The highest BCUT2D eigenvalue weighted by Crippen LogP contribution is 2.43. The number of aryl methyl sites for hydroxylation is 5. The minimum Gasteiger partial charge on any atom is -0.308 e.